The molecule has 6 heterocycles. The van der Waals surface area contributed by atoms with Gasteiger partial charge in [-0.1, -0.05) is 91.3 Å². The number of benzene rings is 3. The predicted molar refractivity (Wildman–Crippen MR) is 264 cm³/mol. The Labute approximate surface area is 392 Å². The summed E-state index contributed by atoms with van der Waals surface area (Å²) >= 11 is 33.1. The van der Waals surface area contributed by atoms with Gasteiger partial charge in [-0.25, -0.2) is 4.98 Å². The molecular formula is C41H36F3N11OS7. The smallest absolute Gasteiger partial charge is 0.385 e. The van der Waals surface area contributed by atoms with Gasteiger partial charge in [-0.15, -0.1) is 12.6 Å². The number of anilines is 2. The second-order valence-electron chi connectivity index (χ2n) is 12.5. The minimum Gasteiger partial charge on any atom is -0.385 e. The van der Waals surface area contributed by atoms with Crippen molar-refractivity contribution in [3.63, 3.8) is 0 Å². The normalized spacial score (nSPS) is 10.2. The number of H-pyrrole nitrogens is 7. The van der Waals surface area contributed by atoms with Crippen LogP contribution in [0.4, 0.5) is 24.9 Å². The molecule has 22 heteroatoms. The summed E-state index contributed by atoms with van der Waals surface area (Å²) in [6.07, 6.45) is 2.29. The topological polar surface area (TPSA) is 205 Å². The lowest BCUT2D eigenvalue weighted by Gasteiger charge is -2.07. The maximum atomic E-state index is 12.4. The van der Waals surface area contributed by atoms with Crippen LogP contribution in [0, 0.1) is 34.9 Å². The van der Waals surface area contributed by atoms with Crippen LogP contribution in [-0.2, 0) is 6.18 Å². The quantitative estimate of drug-likeness (QED) is 0.0511. The number of fused-ring (bicyclic) bond motifs is 3. The summed E-state index contributed by atoms with van der Waals surface area (Å²) in [5, 5.41) is 2.96. The van der Waals surface area contributed by atoms with E-state index in [9.17, 15) is 18.0 Å². The van der Waals surface area contributed by atoms with Crippen molar-refractivity contribution in [3.8, 4) is 0 Å². The standard InChI is InChI=1S/C10H6F3NS.2C9H7NS.C5H6N2OS.C4H6N4S.C4H4N2S2/c11-10(12,13)6-1-2-7-8(5-6)14-4-3-9(7)15;11-8-5-1-3-7-4-2-6-10-9(7)8;11-9-6-5-7-3-1-2-4-8(7)10-9;1-3-2-6-5(9)7-4(3)8;5-2-1-3(9)8-4(6)7-2;7-3-1-2-5-4(8)6-3/h1-5H,(H,14,15);1-6,11H;1-6H,(H,10,11);2H,1H3,(H2,6,7,8,9);1H,(H5,5,6,7,8,9);1-2H,(H2,5,6,7,8). The number of aromatic nitrogens is 9. The number of aryl methyl sites for hydroxylation is 1. The molecule has 9 aromatic rings. The van der Waals surface area contributed by atoms with Gasteiger partial charge in [-0.3, -0.25) is 14.8 Å². The van der Waals surface area contributed by atoms with Crippen LogP contribution in [0.5, 0.6) is 0 Å². The lowest BCUT2D eigenvalue weighted by molar-refractivity contribution is -0.137. The third-order valence-corrected chi connectivity index (χ3v) is 9.65. The number of pyridine rings is 3. The minimum atomic E-state index is -4.32. The van der Waals surface area contributed by atoms with E-state index in [1.54, 1.807) is 37.6 Å². The highest BCUT2D eigenvalue weighted by Gasteiger charge is 2.30. The van der Waals surface area contributed by atoms with Gasteiger partial charge in [-0.05, 0) is 91.3 Å². The van der Waals surface area contributed by atoms with Crippen molar-refractivity contribution >= 4 is 130 Å². The number of aromatic amines is 7. The van der Waals surface area contributed by atoms with E-state index >= 15 is 0 Å². The van der Waals surface area contributed by atoms with E-state index in [2.05, 4.69) is 75.8 Å². The number of thiol groups is 1. The van der Waals surface area contributed by atoms with Crippen LogP contribution in [0.3, 0.4) is 0 Å². The summed E-state index contributed by atoms with van der Waals surface area (Å²) in [6, 6.07) is 30.3. The van der Waals surface area contributed by atoms with E-state index < -0.39 is 11.7 Å². The van der Waals surface area contributed by atoms with Crippen LogP contribution in [-0.4, -0.2) is 44.9 Å². The number of hydrogen-bond donors (Lipinski definition) is 10. The van der Waals surface area contributed by atoms with E-state index in [4.69, 9.17) is 72.6 Å². The number of nitrogen functional groups attached to an aromatic ring is 2. The molecule has 0 bridgehead atoms. The van der Waals surface area contributed by atoms with Gasteiger partial charge in [0.25, 0.3) is 5.56 Å². The fraction of sp³-hybridized carbons (Fsp3) is 0.0488. The van der Waals surface area contributed by atoms with E-state index in [0.29, 0.717) is 45.6 Å². The van der Waals surface area contributed by atoms with Crippen molar-refractivity contribution in [2.45, 2.75) is 18.0 Å². The molecule has 6 aromatic heterocycles. The molecule has 0 radical (unpaired) electrons. The molecule has 0 saturated carbocycles. The SMILES string of the molecule is Cc1c[nH]c(=S)[nH]c1=O.FC(F)(F)c1ccc2c(=S)cc[nH]c2c1.Nc1cc(=S)nc(N)[nH]1.S=c1cc[nH]c(=S)[nH]1.S=c1ccc2ccccc2[nH]1.Sc1cccc2cccnc12. The molecule has 0 amide bonds. The Morgan fingerprint density at radius 1 is 0.667 bits per heavy atom. The molecule has 0 aliphatic heterocycles. The number of para-hydroxylation sites is 2. The first-order valence-corrected chi connectivity index (χ1v) is 20.8. The van der Waals surface area contributed by atoms with Crippen molar-refractivity contribution in [3.05, 3.63) is 177 Å². The molecule has 9 rings (SSSR count). The van der Waals surface area contributed by atoms with Gasteiger partial charge in [0.05, 0.1) is 11.1 Å². The zero-order valence-corrected chi connectivity index (χ0v) is 38.4. The Morgan fingerprint density at radius 3 is 1.98 bits per heavy atom. The van der Waals surface area contributed by atoms with Crippen LogP contribution in [0.2, 0.25) is 0 Å². The lowest BCUT2D eigenvalue weighted by Crippen LogP contribution is -2.09. The van der Waals surface area contributed by atoms with Gasteiger partial charge in [0.15, 0.2) is 15.5 Å². The summed E-state index contributed by atoms with van der Waals surface area (Å²) in [7, 11) is 0. The molecule has 0 saturated heterocycles. The molecular weight excluding hydrogens is 944 g/mol. The number of hydrogen-bond acceptors (Lipinski definition) is 12. The summed E-state index contributed by atoms with van der Waals surface area (Å²) < 4.78 is 40.5. The maximum absolute atomic E-state index is 12.4. The number of halogens is 3. The van der Waals surface area contributed by atoms with E-state index in [0.717, 1.165) is 38.1 Å². The molecule has 324 valence electrons. The second-order valence-corrected chi connectivity index (χ2v) is 15.5. The Balaban J connectivity index is 0.000000168. The Morgan fingerprint density at radius 2 is 1.35 bits per heavy atom. The van der Waals surface area contributed by atoms with Gasteiger partial charge in [0, 0.05) is 67.6 Å². The van der Waals surface area contributed by atoms with Crippen molar-refractivity contribution < 1.29 is 13.2 Å². The summed E-state index contributed by atoms with van der Waals surface area (Å²) in [5.41, 5.74) is 12.9. The number of rotatable bonds is 0. The fourth-order valence-electron chi connectivity index (χ4n) is 4.89. The Hall–Kier alpha value is -6.01. The first-order valence-electron chi connectivity index (χ1n) is 17.9. The Kier molecular flexibility index (Phi) is 18.9. The van der Waals surface area contributed by atoms with Gasteiger partial charge in [0.2, 0.25) is 0 Å². The van der Waals surface area contributed by atoms with Gasteiger partial charge in [0.1, 0.15) is 19.7 Å². The van der Waals surface area contributed by atoms with Crippen LogP contribution in [0.15, 0.2) is 138 Å². The van der Waals surface area contributed by atoms with Gasteiger partial charge < -0.3 is 41.4 Å². The molecule has 0 atom stereocenters. The number of nitrogens with two attached hydrogens (primary N) is 2. The molecule has 3 aromatic carbocycles. The third kappa shape index (κ3) is 16.7. The average molecular weight is 980 g/mol. The average Bonchev–Trinajstić information content (AvgIpc) is 3.23. The zero-order valence-electron chi connectivity index (χ0n) is 32.6. The number of alkyl halides is 3. The maximum Gasteiger partial charge on any atom is 0.416 e. The molecule has 0 unspecified atom stereocenters. The molecule has 0 aliphatic carbocycles. The first-order chi connectivity index (χ1) is 29.9. The van der Waals surface area contributed by atoms with Crippen molar-refractivity contribution in [1.82, 2.24) is 44.9 Å². The Bertz CT molecular complexity index is 3320. The summed E-state index contributed by atoms with van der Waals surface area (Å²) in [6.45, 7) is 1.71. The van der Waals surface area contributed by atoms with Crippen LogP contribution in [0.1, 0.15) is 11.1 Å². The van der Waals surface area contributed by atoms with Crippen LogP contribution >= 0.6 is 85.9 Å². The fourth-order valence-corrected chi connectivity index (χ4v) is 6.38. The number of nitrogens with one attached hydrogen (secondary N) is 7. The summed E-state index contributed by atoms with van der Waals surface area (Å²) in [5.74, 6) is 0.688. The van der Waals surface area contributed by atoms with Crippen LogP contribution < -0.4 is 17.0 Å². The largest absolute Gasteiger partial charge is 0.416 e. The number of nitrogens with zero attached hydrogens (tertiary/aromatic N) is 2. The lowest BCUT2D eigenvalue weighted by atomic mass is 10.1. The molecule has 0 aliphatic rings. The summed E-state index contributed by atoms with van der Waals surface area (Å²) in [4.78, 5) is 38.6. The highest BCUT2D eigenvalue weighted by atomic mass is 32.1. The van der Waals surface area contributed by atoms with E-state index in [1.807, 2.05) is 60.7 Å². The van der Waals surface area contributed by atoms with Crippen LogP contribution in [0.25, 0.3) is 32.7 Å². The zero-order chi connectivity index (χ0) is 46.1. The van der Waals surface area contributed by atoms with Crippen molar-refractivity contribution in [2.24, 2.45) is 0 Å². The van der Waals surface area contributed by atoms with Crippen molar-refractivity contribution in [1.29, 1.82) is 0 Å². The molecule has 11 N–H and O–H groups in total. The highest BCUT2D eigenvalue weighted by Crippen LogP contribution is 2.31. The highest BCUT2D eigenvalue weighted by molar-refractivity contribution is 7.80. The van der Waals surface area contributed by atoms with Gasteiger partial charge >= 0.3 is 6.18 Å². The first kappa shape index (κ1) is 49.6. The monoisotopic (exact) mass is 979 g/mol. The molecule has 63 heavy (non-hydrogen) atoms. The minimum absolute atomic E-state index is 0.126. The van der Waals surface area contributed by atoms with E-state index in [-0.39, 0.29) is 11.5 Å². The predicted octanol–water partition coefficient (Wildman–Crippen LogP) is 12.2. The van der Waals surface area contributed by atoms with Crippen molar-refractivity contribution in [2.75, 3.05) is 11.5 Å². The molecule has 0 spiro atoms. The molecule has 0 fully saturated rings. The third-order valence-electron chi connectivity index (χ3n) is 7.80. The van der Waals surface area contributed by atoms with Gasteiger partial charge in [-0.2, -0.15) is 13.2 Å². The van der Waals surface area contributed by atoms with E-state index in [1.165, 1.54) is 23.7 Å². The molecule has 12 nitrogen and oxygen atoms in total. The second kappa shape index (κ2) is 24.0.